The molecule has 0 saturated heterocycles. The molecule has 0 radical (unpaired) electrons. The third kappa shape index (κ3) is 7.66. The fourth-order valence-corrected chi connectivity index (χ4v) is 0.585. The van der Waals surface area contributed by atoms with E-state index in [-0.39, 0.29) is 0 Å². The van der Waals surface area contributed by atoms with E-state index in [0.29, 0.717) is 6.42 Å². The maximum Gasteiger partial charge on any atom is 0.151 e. The van der Waals surface area contributed by atoms with Crippen molar-refractivity contribution in [2.75, 3.05) is 0 Å². The molecule has 2 heteroatoms. The summed E-state index contributed by atoms with van der Waals surface area (Å²) in [4.78, 5) is 0. The van der Waals surface area contributed by atoms with Gasteiger partial charge in [0.15, 0.2) is 6.29 Å². The summed E-state index contributed by atoms with van der Waals surface area (Å²) in [5.74, 6) is 0. The lowest BCUT2D eigenvalue weighted by Gasteiger charge is -1.98. The normalized spacial score (nSPS) is 11.6. The van der Waals surface area contributed by atoms with Crippen molar-refractivity contribution in [1.82, 2.24) is 0 Å². The predicted octanol–water partition coefficient (Wildman–Crippen LogP) is 1.04. The largest absolute Gasteiger partial charge is 0.368 e. The highest BCUT2D eigenvalue weighted by atomic mass is 16.5. The number of aliphatic hydroxyl groups is 2. The van der Waals surface area contributed by atoms with Gasteiger partial charge in [-0.15, -0.1) is 0 Å². The topological polar surface area (TPSA) is 40.5 Å². The SMILES string of the molecule is CC=CCCCC(O)O. The number of allylic oxidation sites excluding steroid dienone is 2. The molecule has 0 heterocycles. The second-order valence-corrected chi connectivity index (χ2v) is 1.98. The van der Waals surface area contributed by atoms with Gasteiger partial charge in [0.25, 0.3) is 0 Å². The molecular weight excluding hydrogens is 116 g/mol. The van der Waals surface area contributed by atoms with Gasteiger partial charge in [0.2, 0.25) is 0 Å². The molecule has 9 heavy (non-hydrogen) atoms. The molecule has 2 nitrogen and oxygen atoms in total. The number of unbranched alkanes of at least 4 members (excludes halogenated alkanes) is 1. The molecule has 0 amide bonds. The fourth-order valence-electron chi connectivity index (χ4n) is 0.585. The zero-order valence-electron chi connectivity index (χ0n) is 5.75. The van der Waals surface area contributed by atoms with Gasteiger partial charge in [-0.1, -0.05) is 12.2 Å². The van der Waals surface area contributed by atoms with Crippen molar-refractivity contribution in [1.29, 1.82) is 0 Å². The van der Waals surface area contributed by atoms with E-state index in [1.165, 1.54) is 0 Å². The van der Waals surface area contributed by atoms with E-state index in [1.54, 1.807) is 0 Å². The number of rotatable bonds is 4. The van der Waals surface area contributed by atoms with Crippen LogP contribution in [0.2, 0.25) is 0 Å². The zero-order chi connectivity index (χ0) is 7.11. The van der Waals surface area contributed by atoms with Gasteiger partial charge in [-0.2, -0.15) is 0 Å². The number of hydrogen-bond donors (Lipinski definition) is 2. The van der Waals surface area contributed by atoms with Crippen molar-refractivity contribution in [3.05, 3.63) is 12.2 Å². The molecular formula is C7H14O2. The molecule has 0 aliphatic carbocycles. The van der Waals surface area contributed by atoms with E-state index >= 15 is 0 Å². The molecule has 0 fully saturated rings. The maximum atomic E-state index is 8.38. The summed E-state index contributed by atoms with van der Waals surface area (Å²) in [6, 6.07) is 0. The van der Waals surface area contributed by atoms with Crippen LogP contribution in [0.4, 0.5) is 0 Å². The Morgan fingerprint density at radius 2 is 2.11 bits per heavy atom. The Hall–Kier alpha value is -0.340. The maximum absolute atomic E-state index is 8.38. The van der Waals surface area contributed by atoms with Crippen molar-refractivity contribution in [3.63, 3.8) is 0 Å². The first-order valence-electron chi connectivity index (χ1n) is 3.24. The van der Waals surface area contributed by atoms with Gasteiger partial charge in [-0.3, -0.25) is 0 Å². The number of hydrogen-bond acceptors (Lipinski definition) is 2. The first-order valence-corrected chi connectivity index (χ1v) is 3.24. The van der Waals surface area contributed by atoms with E-state index < -0.39 is 6.29 Å². The Labute approximate surface area is 55.8 Å². The summed E-state index contributed by atoms with van der Waals surface area (Å²) in [6.07, 6.45) is 5.11. The first-order chi connectivity index (χ1) is 4.27. The molecule has 0 unspecified atom stereocenters. The Bertz CT molecular complexity index is 77.0. The Kier molecular flexibility index (Phi) is 5.57. The minimum atomic E-state index is -1.13. The Morgan fingerprint density at radius 3 is 2.56 bits per heavy atom. The smallest absolute Gasteiger partial charge is 0.151 e. The first kappa shape index (κ1) is 8.66. The highest BCUT2D eigenvalue weighted by molar-refractivity contribution is 4.76. The van der Waals surface area contributed by atoms with E-state index in [4.69, 9.17) is 10.2 Å². The van der Waals surface area contributed by atoms with Gasteiger partial charge in [0.05, 0.1) is 0 Å². The lowest BCUT2D eigenvalue weighted by Crippen LogP contribution is -2.02. The molecule has 0 aromatic heterocycles. The molecule has 0 saturated carbocycles. The molecule has 0 bridgehead atoms. The standard InChI is InChI=1S/C7H14O2/c1-2-3-4-5-6-7(8)9/h2-3,7-9H,4-6H2,1H3. The van der Waals surface area contributed by atoms with Crippen LogP contribution >= 0.6 is 0 Å². The molecule has 2 N–H and O–H groups in total. The number of aliphatic hydroxyl groups excluding tert-OH is 1. The van der Waals surface area contributed by atoms with Gasteiger partial charge in [-0.05, 0) is 26.2 Å². The predicted molar refractivity (Wildman–Crippen MR) is 36.9 cm³/mol. The van der Waals surface area contributed by atoms with Crippen LogP contribution in [0.5, 0.6) is 0 Å². The van der Waals surface area contributed by atoms with Gasteiger partial charge in [-0.25, -0.2) is 0 Å². The average molecular weight is 130 g/mol. The van der Waals surface area contributed by atoms with Crippen LogP contribution in [0.15, 0.2) is 12.2 Å². The van der Waals surface area contributed by atoms with Gasteiger partial charge >= 0.3 is 0 Å². The van der Waals surface area contributed by atoms with E-state index in [2.05, 4.69) is 0 Å². The van der Waals surface area contributed by atoms with E-state index in [9.17, 15) is 0 Å². The van der Waals surface area contributed by atoms with Crippen molar-refractivity contribution >= 4 is 0 Å². The van der Waals surface area contributed by atoms with E-state index in [0.717, 1.165) is 12.8 Å². The van der Waals surface area contributed by atoms with Gasteiger partial charge < -0.3 is 10.2 Å². The summed E-state index contributed by atoms with van der Waals surface area (Å²) in [5.41, 5.74) is 0. The van der Waals surface area contributed by atoms with Crippen LogP contribution in [0.1, 0.15) is 26.2 Å². The summed E-state index contributed by atoms with van der Waals surface area (Å²) < 4.78 is 0. The third-order valence-corrected chi connectivity index (χ3v) is 1.07. The molecule has 0 spiro atoms. The fraction of sp³-hybridized carbons (Fsp3) is 0.714. The second-order valence-electron chi connectivity index (χ2n) is 1.98. The Morgan fingerprint density at radius 1 is 1.44 bits per heavy atom. The molecule has 0 aliphatic rings. The van der Waals surface area contributed by atoms with Crippen LogP contribution in [0, 0.1) is 0 Å². The van der Waals surface area contributed by atoms with Gasteiger partial charge in [0.1, 0.15) is 0 Å². The summed E-state index contributed by atoms with van der Waals surface area (Å²) >= 11 is 0. The average Bonchev–Trinajstić information content (AvgIpc) is 1.80. The zero-order valence-corrected chi connectivity index (χ0v) is 5.75. The van der Waals surface area contributed by atoms with Crippen molar-refractivity contribution in [3.8, 4) is 0 Å². The molecule has 0 atom stereocenters. The second kappa shape index (κ2) is 5.79. The van der Waals surface area contributed by atoms with Crippen LogP contribution in [0.25, 0.3) is 0 Å². The summed E-state index contributed by atoms with van der Waals surface area (Å²) in [6.45, 7) is 1.95. The molecule has 0 aromatic rings. The molecule has 0 aliphatic heterocycles. The molecule has 0 rings (SSSR count). The quantitative estimate of drug-likeness (QED) is 0.339. The van der Waals surface area contributed by atoms with Crippen molar-refractivity contribution in [2.45, 2.75) is 32.5 Å². The van der Waals surface area contributed by atoms with Crippen LogP contribution in [-0.2, 0) is 0 Å². The lowest BCUT2D eigenvalue weighted by molar-refractivity contribution is -0.0460. The lowest BCUT2D eigenvalue weighted by atomic mass is 10.2. The van der Waals surface area contributed by atoms with Crippen LogP contribution in [-0.4, -0.2) is 16.5 Å². The highest BCUT2D eigenvalue weighted by Crippen LogP contribution is 1.98. The monoisotopic (exact) mass is 130 g/mol. The highest BCUT2D eigenvalue weighted by Gasteiger charge is 1.93. The Balaban J connectivity index is 2.91. The van der Waals surface area contributed by atoms with Crippen molar-refractivity contribution in [2.24, 2.45) is 0 Å². The van der Waals surface area contributed by atoms with E-state index in [1.807, 2.05) is 19.1 Å². The summed E-state index contributed by atoms with van der Waals surface area (Å²) in [5, 5.41) is 16.8. The molecule has 0 aromatic carbocycles. The van der Waals surface area contributed by atoms with Crippen LogP contribution < -0.4 is 0 Å². The van der Waals surface area contributed by atoms with Crippen molar-refractivity contribution < 1.29 is 10.2 Å². The third-order valence-electron chi connectivity index (χ3n) is 1.07. The van der Waals surface area contributed by atoms with Crippen LogP contribution in [0.3, 0.4) is 0 Å². The van der Waals surface area contributed by atoms with Gasteiger partial charge in [0, 0.05) is 0 Å². The minimum Gasteiger partial charge on any atom is -0.368 e. The molecule has 54 valence electrons. The minimum absolute atomic E-state index is 0.477. The summed E-state index contributed by atoms with van der Waals surface area (Å²) in [7, 11) is 0.